The van der Waals surface area contributed by atoms with Gasteiger partial charge in [0.05, 0.1) is 21.3 Å². The van der Waals surface area contributed by atoms with Crippen molar-refractivity contribution in [2.45, 2.75) is 45.6 Å². The Labute approximate surface area is 169 Å². The molecule has 0 atom stereocenters. The van der Waals surface area contributed by atoms with Crippen LogP contribution in [0.4, 0.5) is 0 Å². The van der Waals surface area contributed by atoms with Crippen molar-refractivity contribution in [2.75, 3.05) is 41.5 Å². The molecule has 0 aliphatic rings. The van der Waals surface area contributed by atoms with Gasteiger partial charge in [0, 0.05) is 44.7 Å². The van der Waals surface area contributed by atoms with E-state index in [2.05, 4.69) is 21.9 Å². The highest BCUT2D eigenvalue weighted by Gasteiger charge is 2.11. The molecule has 0 aromatic heterocycles. The molecule has 0 spiro atoms. The number of aliphatic imine (C=N–C) groups is 1. The molecule has 7 nitrogen and oxygen atoms in total. The topological polar surface area (TPSA) is 72.4 Å². The van der Waals surface area contributed by atoms with Crippen molar-refractivity contribution in [3.63, 3.8) is 0 Å². The average molecular weight is 394 g/mol. The van der Waals surface area contributed by atoms with Gasteiger partial charge < -0.3 is 24.4 Å². The lowest BCUT2D eigenvalue weighted by atomic mass is 10.1. The highest BCUT2D eigenvalue weighted by molar-refractivity contribution is 5.79. The van der Waals surface area contributed by atoms with Crippen LogP contribution in [0.3, 0.4) is 0 Å². The van der Waals surface area contributed by atoms with Crippen molar-refractivity contribution in [1.29, 1.82) is 0 Å². The van der Waals surface area contributed by atoms with E-state index in [-0.39, 0.29) is 5.97 Å². The number of guanidine groups is 1. The molecule has 0 bridgehead atoms. The largest absolute Gasteiger partial charge is 0.497 e. The number of methoxy groups -OCH3 is 3. The van der Waals surface area contributed by atoms with Gasteiger partial charge in [-0.1, -0.05) is 12.8 Å². The number of nitrogens with zero attached hydrogens (tertiary/aromatic N) is 2. The molecule has 1 aromatic rings. The van der Waals surface area contributed by atoms with Gasteiger partial charge in [-0.3, -0.25) is 9.79 Å². The fraction of sp³-hybridized carbons (Fsp3) is 0.619. The normalized spacial score (nSPS) is 11.1. The van der Waals surface area contributed by atoms with Crippen molar-refractivity contribution in [3.8, 4) is 11.5 Å². The van der Waals surface area contributed by atoms with E-state index in [9.17, 15) is 4.79 Å². The first-order valence-electron chi connectivity index (χ1n) is 9.82. The van der Waals surface area contributed by atoms with Crippen molar-refractivity contribution >= 4 is 11.9 Å². The number of ether oxygens (including phenoxy) is 3. The minimum atomic E-state index is -0.136. The standard InChI is InChI=1S/C21H35N3O4/c1-6-22-21(23-14-10-8-7-9-11-20(25)28-5)24(2)16-17-12-13-18(26-3)15-19(17)27-4/h12-13,15H,6-11,14,16H2,1-5H3,(H,22,23). The van der Waals surface area contributed by atoms with E-state index in [1.165, 1.54) is 7.11 Å². The molecular weight excluding hydrogens is 358 g/mol. The lowest BCUT2D eigenvalue weighted by molar-refractivity contribution is -0.140. The summed E-state index contributed by atoms with van der Waals surface area (Å²) in [6.45, 7) is 4.30. The summed E-state index contributed by atoms with van der Waals surface area (Å²) < 4.78 is 15.4. The van der Waals surface area contributed by atoms with Crippen LogP contribution < -0.4 is 14.8 Å². The summed E-state index contributed by atoms with van der Waals surface area (Å²) in [6, 6.07) is 5.84. The van der Waals surface area contributed by atoms with Crippen LogP contribution in [0.25, 0.3) is 0 Å². The van der Waals surface area contributed by atoms with Gasteiger partial charge in [0.25, 0.3) is 0 Å². The van der Waals surface area contributed by atoms with Crippen molar-refractivity contribution in [2.24, 2.45) is 4.99 Å². The average Bonchev–Trinajstić information content (AvgIpc) is 2.72. The molecule has 0 saturated heterocycles. The maximum Gasteiger partial charge on any atom is 0.305 e. The maximum absolute atomic E-state index is 11.1. The van der Waals surface area contributed by atoms with Gasteiger partial charge in [0.15, 0.2) is 5.96 Å². The van der Waals surface area contributed by atoms with Gasteiger partial charge in [-0.15, -0.1) is 0 Å². The van der Waals surface area contributed by atoms with E-state index in [0.29, 0.717) is 13.0 Å². The zero-order chi connectivity index (χ0) is 20.8. The molecule has 1 aromatic carbocycles. The molecule has 0 unspecified atom stereocenters. The minimum Gasteiger partial charge on any atom is -0.497 e. The smallest absolute Gasteiger partial charge is 0.305 e. The Balaban J connectivity index is 2.55. The van der Waals surface area contributed by atoms with Crippen LogP contribution >= 0.6 is 0 Å². The van der Waals surface area contributed by atoms with Crippen LogP contribution in [0, 0.1) is 0 Å². The maximum atomic E-state index is 11.1. The van der Waals surface area contributed by atoms with Gasteiger partial charge in [0.2, 0.25) is 0 Å². The summed E-state index contributed by atoms with van der Waals surface area (Å²) >= 11 is 0. The second-order valence-corrected chi connectivity index (χ2v) is 6.51. The second-order valence-electron chi connectivity index (χ2n) is 6.51. The van der Waals surface area contributed by atoms with Gasteiger partial charge in [-0.25, -0.2) is 0 Å². The van der Waals surface area contributed by atoms with E-state index >= 15 is 0 Å². The zero-order valence-electron chi connectivity index (χ0n) is 17.9. The number of rotatable bonds is 12. The quantitative estimate of drug-likeness (QED) is 0.254. The zero-order valence-corrected chi connectivity index (χ0v) is 17.9. The van der Waals surface area contributed by atoms with Crippen LogP contribution in [-0.4, -0.2) is 58.3 Å². The molecular formula is C21H35N3O4. The molecule has 0 saturated carbocycles. The molecule has 1 N–H and O–H groups in total. The van der Waals surface area contributed by atoms with E-state index in [4.69, 9.17) is 14.5 Å². The van der Waals surface area contributed by atoms with Gasteiger partial charge >= 0.3 is 5.97 Å². The Morgan fingerprint density at radius 2 is 1.86 bits per heavy atom. The first-order valence-corrected chi connectivity index (χ1v) is 9.82. The van der Waals surface area contributed by atoms with Crippen LogP contribution in [0.1, 0.15) is 44.6 Å². The predicted molar refractivity (Wildman–Crippen MR) is 112 cm³/mol. The summed E-state index contributed by atoms with van der Waals surface area (Å²) in [5.74, 6) is 2.31. The summed E-state index contributed by atoms with van der Waals surface area (Å²) in [4.78, 5) is 17.9. The molecule has 0 radical (unpaired) electrons. The van der Waals surface area contributed by atoms with Crippen LogP contribution in [0.2, 0.25) is 0 Å². The first kappa shape index (κ1) is 23.6. The Bertz CT molecular complexity index is 620. The van der Waals surface area contributed by atoms with E-state index < -0.39 is 0 Å². The van der Waals surface area contributed by atoms with Gasteiger partial charge in [-0.2, -0.15) is 0 Å². The third kappa shape index (κ3) is 8.50. The lowest BCUT2D eigenvalue weighted by Crippen LogP contribution is -2.38. The summed E-state index contributed by atoms with van der Waals surface area (Å²) in [6.07, 6.45) is 4.42. The Hall–Kier alpha value is -2.44. The number of unbranched alkanes of at least 4 members (excludes halogenated alkanes) is 3. The summed E-state index contributed by atoms with van der Waals surface area (Å²) in [7, 11) is 6.75. The van der Waals surface area contributed by atoms with Crippen molar-refractivity contribution in [3.05, 3.63) is 23.8 Å². The van der Waals surface area contributed by atoms with Crippen LogP contribution in [0.5, 0.6) is 11.5 Å². The fourth-order valence-electron chi connectivity index (χ4n) is 2.80. The Morgan fingerprint density at radius 1 is 1.11 bits per heavy atom. The highest BCUT2D eigenvalue weighted by atomic mass is 16.5. The number of esters is 1. The number of hydrogen-bond acceptors (Lipinski definition) is 5. The minimum absolute atomic E-state index is 0.136. The summed E-state index contributed by atoms with van der Waals surface area (Å²) in [5.41, 5.74) is 1.07. The molecule has 0 fully saturated rings. The third-order valence-corrected chi connectivity index (χ3v) is 4.38. The van der Waals surface area contributed by atoms with Gasteiger partial charge in [0.1, 0.15) is 11.5 Å². The number of nitrogens with one attached hydrogen (secondary N) is 1. The van der Waals surface area contributed by atoms with E-state index in [1.54, 1.807) is 14.2 Å². The fourth-order valence-corrected chi connectivity index (χ4v) is 2.80. The highest BCUT2D eigenvalue weighted by Crippen LogP contribution is 2.25. The van der Waals surface area contributed by atoms with Crippen LogP contribution in [-0.2, 0) is 16.1 Å². The van der Waals surface area contributed by atoms with Crippen molar-refractivity contribution in [1.82, 2.24) is 10.2 Å². The monoisotopic (exact) mass is 393 g/mol. The molecule has 0 aliphatic heterocycles. The molecule has 0 heterocycles. The van der Waals surface area contributed by atoms with Crippen LogP contribution in [0.15, 0.2) is 23.2 Å². The van der Waals surface area contributed by atoms with Crippen molar-refractivity contribution < 1.29 is 19.0 Å². The molecule has 158 valence electrons. The molecule has 0 aliphatic carbocycles. The Morgan fingerprint density at radius 3 is 2.50 bits per heavy atom. The number of hydrogen-bond donors (Lipinski definition) is 1. The second kappa shape index (κ2) is 13.7. The number of carbonyl (C=O) groups is 1. The number of benzene rings is 1. The molecule has 0 amide bonds. The molecule has 1 rings (SSSR count). The van der Waals surface area contributed by atoms with E-state index in [0.717, 1.165) is 61.8 Å². The SMILES string of the molecule is CCNC(=NCCCCCCC(=O)OC)N(C)Cc1ccc(OC)cc1OC. The Kier molecular flexibility index (Phi) is 11.5. The van der Waals surface area contributed by atoms with E-state index in [1.807, 2.05) is 25.2 Å². The van der Waals surface area contributed by atoms with Gasteiger partial charge in [-0.05, 0) is 31.9 Å². The lowest BCUT2D eigenvalue weighted by Gasteiger charge is -2.23. The third-order valence-electron chi connectivity index (χ3n) is 4.38. The molecule has 28 heavy (non-hydrogen) atoms. The first-order chi connectivity index (χ1) is 13.5. The predicted octanol–water partition coefficient (Wildman–Crippen LogP) is 3.22. The number of carbonyl (C=O) groups excluding carboxylic acids is 1. The molecule has 7 heteroatoms. The summed E-state index contributed by atoms with van der Waals surface area (Å²) in [5, 5.41) is 3.34.